The van der Waals surface area contributed by atoms with Crippen LogP contribution in [-0.4, -0.2) is 46.1 Å². The highest BCUT2D eigenvalue weighted by atomic mass is 15.2. The summed E-state index contributed by atoms with van der Waals surface area (Å²) in [6.45, 7) is 0. The minimum Gasteiger partial charge on any atom is -0.294 e. The molecule has 15 fully saturated rings. The Morgan fingerprint density at radius 3 is 0.611 bits per heavy atom. The Morgan fingerprint density at radius 2 is 0.347 bits per heavy atom. The minimum absolute atomic E-state index is 0.928. The van der Waals surface area contributed by atoms with Crippen molar-refractivity contribution in [2.24, 2.45) is 118 Å². The first kappa shape index (κ1) is 49.0. The summed E-state index contributed by atoms with van der Waals surface area (Å²) < 4.78 is 0. The summed E-state index contributed by atoms with van der Waals surface area (Å²) in [5, 5.41) is 0. The van der Waals surface area contributed by atoms with Crippen LogP contribution in [0.5, 0.6) is 0 Å². The molecule has 404 valence electrons. The van der Waals surface area contributed by atoms with Gasteiger partial charge in [-0.05, 0) is 324 Å². The molecule has 0 N–H and O–H groups in total. The molecule has 15 aliphatic rings. The van der Waals surface area contributed by atoms with E-state index in [4.69, 9.17) is 0 Å². The van der Waals surface area contributed by atoms with Gasteiger partial charge in [0.1, 0.15) is 0 Å². The van der Waals surface area contributed by atoms with Crippen LogP contribution in [0.15, 0.2) is 0 Å². The maximum Gasteiger partial charge on any atom is 0.0104 e. The topological polar surface area (TPSA) is 6.48 Å². The number of hydrogen-bond donors (Lipinski definition) is 0. The van der Waals surface area contributed by atoms with E-state index in [-0.39, 0.29) is 0 Å². The van der Waals surface area contributed by atoms with Crippen LogP contribution in [0.4, 0.5) is 0 Å². The predicted molar refractivity (Wildman–Crippen MR) is 299 cm³/mol. The molecule has 0 amide bonds. The molecular weight excluding hydrogens is 869 g/mol. The number of hydrogen-bond acceptors (Lipinski definition) is 2. The number of nitrogens with zero attached hydrogens (tertiary/aromatic N) is 2. The van der Waals surface area contributed by atoms with Crippen molar-refractivity contribution in [1.82, 2.24) is 9.80 Å². The molecule has 0 saturated heterocycles. The van der Waals surface area contributed by atoms with Gasteiger partial charge in [0, 0.05) is 36.3 Å². The summed E-state index contributed by atoms with van der Waals surface area (Å²) in [7, 11) is 0. The predicted octanol–water partition coefficient (Wildman–Crippen LogP) is 18.5. The summed E-state index contributed by atoms with van der Waals surface area (Å²) >= 11 is 0. The van der Waals surface area contributed by atoms with E-state index in [1.54, 1.807) is 283 Å². The van der Waals surface area contributed by atoms with Crippen molar-refractivity contribution in [3.05, 3.63) is 0 Å². The first-order chi connectivity index (χ1) is 35.6. The molecule has 15 saturated carbocycles. The molecule has 20 unspecified atom stereocenters. The zero-order valence-electron chi connectivity index (χ0n) is 47.0. The van der Waals surface area contributed by atoms with E-state index in [0.29, 0.717) is 0 Å². The Hall–Kier alpha value is -0.0800. The van der Waals surface area contributed by atoms with Crippen molar-refractivity contribution in [2.45, 2.75) is 319 Å². The Morgan fingerprint density at radius 1 is 0.139 bits per heavy atom. The minimum atomic E-state index is 0.928. The lowest BCUT2D eigenvalue weighted by molar-refractivity contribution is -0.0272. The van der Waals surface area contributed by atoms with Gasteiger partial charge in [0.25, 0.3) is 0 Å². The van der Waals surface area contributed by atoms with E-state index in [9.17, 15) is 0 Å². The lowest BCUT2D eigenvalue weighted by Gasteiger charge is -2.52. The van der Waals surface area contributed by atoms with Crippen LogP contribution in [0.25, 0.3) is 0 Å². The van der Waals surface area contributed by atoms with E-state index in [0.717, 1.165) is 155 Å². The average molecular weight is 984 g/mol. The molecule has 72 heavy (non-hydrogen) atoms. The van der Waals surface area contributed by atoms with E-state index in [1.807, 2.05) is 0 Å². The third kappa shape index (κ3) is 9.21. The lowest BCUT2D eigenvalue weighted by Crippen LogP contribution is -2.54. The monoisotopic (exact) mass is 983 g/mol. The van der Waals surface area contributed by atoms with Crippen LogP contribution >= 0.6 is 0 Å². The summed E-state index contributed by atoms with van der Waals surface area (Å²) in [6, 6.07) is 5.61. The van der Waals surface area contributed by atoms with Crippen molar-refractivity contribution in [3.63, 3.8) is 0 Å². The fourth-order valence-corrected chi connectivity index (χ4v) is 27.0. The first-order valence-electron chi connectivity index (χ1n) is 35.2. The normalized spacial score (nSPS) is 54.4. The fraction of sp³-hybridized carbons (Fsp3) is 1.00. The third-order valence-corrected chi connectivity index (χ3v) is 29.7. The van der Waals surface area contributed by atoms with Crippen molar-refractivity contribution in [1.29, 1.82) is 0 Å². The Bertz CT molecular complexity index is 1560. The smallest absolute Gasteiger partial charge is 0.0104 e. The number of fused-ring (bicyclic) bond motifs is 12. The molecule has 0 heterocycles. The van der Waals surface area contributed by atoms with Crippen molar-refractivity contribution in [3.8, 4) is 0 Å². The van der Waals surface area contributed by atoms with Crippen molar-refractivity contribution >= 4 is 0 Å². The SMILES string of the molecule is C1CCC2C(C1)CC1CC(N(C3CCC(C4CCC(C5CCC(N(C6CCC7C(CC8CCCCC87)C6)C6CCC7C(CC8CCCCC87)C6)CC5)CC4)CC3)C3CCC4C(CC5CCCCC54)C3)CCC12. The Labute approximate surface area is 444 Å². The van der Waals surface area contributed by atoms with Gasteiger partial charge < -0.3 is 0 Å². The molecular formula is C70H114N2. The second kappa shape index (κ2) is 21.2. The summed E-state index contributed by atoms with van der Waals surface area (Å²) in [5.74, 6) is 22.1. The van der Waals surface area contributed by atoms with Crippen molar-refractivity contribution < 1.29 is 0 Å². The van der Waals surface area contributed by atoms with Gasteiger partial charge in [-0.25, -0.2) is 0 Å². The summed E-state index contributed by atoms with van der Waals surface area (Å²) in [4.78, 5) is 6.88. The van der Waals surface area contributed by atoms with E-state index in [1.165, 1.54) is 0 Å². The van der Waals surface area contributed by atoms with Gasteiger partial charge in [-0.15, -0.1) is 0 Å². The molecule has 15 aliphatic carbocycles. The molecule has 20 atom stereocenters. The maximum atomic E-state index is 3.44. The van der Waals surface area contributed by atoms with Gasteiger partial charge in [0.05, 0.1) is 0 Å². The fourth-order valence-electron chi connectivity index (χ4n) is 27.0. The highest BCUT2D eigenvalue weighted by Crippen LogP contribution is 2.61. The molecule has 0 aliphatic heterocycles. The molecule has 0 spiro atoms. The second-order valence-corrected chi connectivity index (χ2v) is 32.0. The van der Waals surface area contributed by atoms with Gasteiger partial charge >= 0.3 is 0 Å². The molecule has 2 heteroatoms. The second-order valence-electron chi connectivity index (χ2n) is 32.0. The highest BCUT2D eigenvalue weighted by Gasteiger charge is 2.54. The summed E-state index contributed by atoms with van der Waals surface area (Å²) in [6.07, 6.45) is 70.1. The molecule has 0 aromatic carbocycles. The van der Waals surface area contributed by atoms with Crippen molar-refractivity contribution in [2.75, 3.05) is 0 Å². The molecule has 0 radical (unpaired) electrons. The Balaban J connectivity index is 0.570. The van der Waals surface area contributed by atoms with E-state index >= 15 is 0 Å². The van der Waals surface area contributed by atoms with Gasteiger partial charge in [0.15, 0.2) is 0 Å². The maximum absolute atomic E-state index is 3.44. The van der Waals surface area contributed by atoms with Gasteiger partial charge in [0.2, 0.25) is 0 Å². The highest BCUT2D eigenvalue weighted by molar-refractivity contribution is 5.06. The standard InChI is InChI=1S/C70H114N2/c1-5-13-63-49(9-1)37-53-41-59(29-33-67(53)63)71(60-30-34-68-54(42-60)38-50-10-2-6-14-64(50)68)57-25-21-47(22-26-57)45-17-19-46(20-18-45)48-23-27-58(28-24-48)72(61-31-35-69-55(43-61)39-51-11-3-7-15-65(51)69)62-32-36-70-56(44-62)40-52-12-4-8-16-66(52)70/h45-70H,1-44H2. The van der Waals surface area contributed by atoms with Crippen LogP contribution < -0.4 is 0 Å². The van der Waals surface area contributed by atoms with Crippen LogP contribution in [-0.2, 0) is 0 Å². The van der Waals surface area contributed by atoms with E-state index < -0.39 is 0 Å². The first-order valence-corrected chi connectivity index (χ1v) is 35.2. The Kier molecular flexibility index (Phi) is 14.4. The van der Waals surface area contributed by atoms with Gasteiger partial charge in [-0.2, -0.15) is 0 Å². The summed E-state index contributed by atoms with van der Waals surface area (Å²) in [5.41, 5.74) is 0. The van der Waals surface area contributed by atoms with Crippen LogP contribution in [0.2, 0.25) is 0 Å². The van der Waals surface area contributed by atoms with Crippen LogP contribution in [0.3, 0.4) is 0 Å². The quantitative estimate of drug-likeness (QED) is 0.239. The molecule has 15 rings (SSSR count). The average Bonchev–Trinajstić information content (AvgIpc) is 4.21. The molecule has 0 aromatic heterocycles. The van der Waals surface area contributed by atoms with Gasteiger partial charge in [-0.1, -0.05) is 77.0 Å². The van der Waals surface area contributed by atoms with Crippen LogP contribution in [0, 0.1) is 118 Å². The third-order valence-electron chi connectivity index (χ3n) is 29.7. The molecule has 0 aromatic rings. The largest absolute Gasteiger partial charge is 0.294 e. The number of rotatable bonds is 8. The van der Waals surface area contributed by atoms with E-state index in [2.05, 4.69) is 9.80 Å². The zero-order valence-corrected chi connectivity index (χ0v) is 47.0. The van der Waals surface area contributed by atoms with Crippen LogP contribution in [0.1, 0.15) is 283 Å². The lowest BCUT2D eigenvalue weighted by atomic mass is 9.65. The van der Waals surface area contributed by atoms with Gasteiger partial charge in [-0.3, -0.25) is 9.80 Å². The molecule has 0 bridgehead atoms. The zero-order chi connectivity index (χ0) is 47.3. The molecule has 2 nitrogen and oxygen atoms in total.